The first-order valence-corrected chi connectivity index (χ1v) is 7.70. The summed E-state index contributed by atoms with van der Waals surface area (Å²) in [6, 6.07) is 4.82. The maximum atomic E-state index is 12.6. The summed E-state index contributed by atoms with van der Waals surface area (Å²) in [4.78, 5) is 25.0. The highest BCUT2D eigenvalue weighted by Gasteiger charge is 2.28. The Balaban J connectivity index is 2.26. The second-order valence-corrected chi connectivity index (χ2v) is 5.76. The third kappa shape index (κ3) is 3.53. The number of benzene rings is 1. The Morgan fingerprint density at radius 1 is 1.48 bits per heavy atom. The number of nitro benzene ring substituents is 1. The molecule has 0 spiro atoms. The van der Waals surface area contributed by atoms with Crippen molar-refractivity contribution < 1.29 is 9.72 Å². The van der Waals surface area contributed by atoms with Crippen LogP contribution in [0.2, 0.25) is 0 Å². The first-order chi connectivity index (χ1) is 10.0. The van der Waals surface area contributed by atoms with Crippen molar-refractivity contribution >= 4 is 23.2 Å². The number of alkyl halides is 1. The van der Waals surface area contributed by atoms with Gasteiger partial charge in [-0.25, -0.2) is 0 Å². The predicted octanol–water partition coefficient (Wildman–Crippen LogP) is 3.53. The molecule has 1 atom stereocenters. The number of hydrogen-bond acceptors (Lipinski definition) is 3. The molecule has 0 N–H and O–H groups in total. The Labute approximate surface area is 129 Å². The standard InChI is InChI=1S/C15H19ClN2O3/c1-11-5-6-12(10-14(11)18(20)21)15(19)17-9-3-2-4-13(17)7-8-16/h5-6,10,13H,2-4,7-9H2,1H3. The number of hydrogen-bond donors (Lipinski definition) is 0. The summed E-state index contributed by atoms with van der Waals surface area (Å²) >= 11 is 5.81. The van der Waals surface area contributed by atoms with Crippen molar-refractivity contribution in [3.05, 3.63) is 39.4 Å². The lowest BCUT2D eigenvalue weighted by Gasteiger charge is -2.35. The average Bonchev–Trinajstić information content (AvgIpc) is 2.47. The number of rotatable bonds is 4. The van der Waals surface area contributed by atoms with E-state index in [1.165, 1.54) is 6.07 Å². The van der Waals surface area contributed by atoms with E-state index in [1.807, 2.05) is 4.90 Å². The molecule has 1 aliphatic rings. The van der Waals surface area contributed by atoms with Gasteiger partial charge in [-0.05, 0) is 38.7 Å². The van der Waals surface area contributed by atoms with Crippen molar-refractivity contribution in [2.75, 3.05) is 12.4 Å². The predicted molar refractivity (Wildman–Crippen MR) is 81.8 cm³/mol. The largest absolute Gasteiger partial charge is 0.336 e. The minimum absolute atomic E-state index is 0.00764. The fraction of sp³-hybridized carbons (Fsp3) is 0.533. The SMILES string of the molecule is Cc1ccc(C(=O)N2CCCCC2CCCl)cc1[N+](=O)[O-]. The van der Waals surface area contributed by atoms with Crippen LogP contribution in [0, 0.1) is 17.0 Å². The zero-order chi connectivity index (χ0) is 15.4. The molecule has 0 aromatic heterocycles. The van der Waals surface area contributed by atoms with Crippen LogP contribution >= 0.6 is 11.6 Å². The molecule has 5 nitrogen and oxygen atoms in total. The van der Waals surface area contributed by atoms with Crippen molar-refractivity contribution in [2.45, 2.75) is 38.6 Å². The van der Waals surface area contributed by atoms with Gasteiger partial charge in [0.25, 0.3) is 11.6 Å². The van der Waals surface area contributed by atoms with Crippen LogP contribution in [0.5, 0.6) is 0 Å². The van der Waals surface area contributed by atoms with Gasteiger partial charge in [0.05, 0.1) is 4.92 Å². The van der Waals surface area contributed by atoms with E-state index in [0.717, 1.165) is 25.7 Å². The van der Waals surface area contributed by atoms with Crippen molar-refractivity contribution in [2.24, 2.45) is 0 Å². The molecule has 2 rings (SSSR count). The number of piperidine rings is 1. The lowest BCUT2D eigenvalue weighted by molar-refractivity contribution is -0.385. The Kier molecular flexibility index (Phi) is 5.17. The van der Waals surface area contributed by atoms with Gasteiger partial charge >= 0.3 is 0 Å². The van der Waals surface area contributed by atoms with Gasteiger partial charge in [0.2, 0.25) is 0 Å². The second-order valence-electron chi connectivity index (χ2n) is 5.38. The van der Waals surface area contributed by atoms with E-state index in [2.05, 4.69) is 0 Å². The van der Waals surface area contributed by atoms with Gasteiger partial charge in [0, 0.05) is 35.7 Å². The molecule has 21 heavy (non-hydrogen) atoms. The molecule has 0 radical (unpaired) electrons. The van der Waals surface area contributed by atoms with Gasteiger partial charge in [0.15, 0.2) is 0 Å². The number of carbonyl (C=O) groups excluding carboxylic acids is 1. The molecule has 0 saturated carbocycles. The zero-order valence-corrected chi connectivity index (χ0v) is 12.8. The molecule has 0 bridgehead atoms. The lowest BCUT2D eigenvalue weighted by atomic mass is 9.98. The van der Waals surface area contributed by atoms with Crippen molar-refractivity contribution in [3.8, 4) is 0 Å². The van der Waals surface area contributed by atoms with E-state index in [0.29, 0.717) is 23.6 Å². The smallest absolute Gasteiger partial charge is 0.273 e. The van der Waals surface area contributed by atoms with Crippen molar-refractivity contribution in [1.29, 1.82) is 0 Å². The molecular weight excluding hydrogens is 292 g/mol. The maximum absolute atomic E-state index is 12.6. The van der Waals surface area contributed by atoms with Gasteiger partial charge in [-0.15, -0.1) is 11.6 Å². The summed E-state index contributed by atoms with van der Waals surface area (Å²) in [5, 5.41) is 11.0. The van der Waals surface area contributed by atoms with Crippen molar-refractivity contribution in [3.63, 3.8) is 0 Å². The van der Waals surface area contributed by atoms with E-state index in [-0.39, 0.29) is 17.6 Å². The monoisotopic (exact) mass is 310 g/mol. The van der Waals surface area contributed by atoms with Crippen LogP contribution in [0.15, 0.2) is 18.2 Å². The van der Waals surface area contributed by atoms with Crippen LogP contribution in [0.1, 0.15) is 41.6 Å². The number of aryl methyl sites for hydroxylation is 1. The molecule has 114 valence electrons. The van der Waals surface area contributed by atoms with E-state index in [4.69, 9.17) is 11.6 Å². The first-order valence-electron chi connectivity index (χ1n) is 7.16. The summed E-state index contributed by atoms with van der Waals surface area (Å²) in [6.07, 6.45) is 3.78. The molecular formula is C15H19ClN2O3. The van der Waals surface area contributed by atoms with Gasteiger partial charge in [-0.3, -0.25) is 14.9 Å². The van der Waals surface area contributed by atoms with E-state index in [1.54, 1.807) is 19.1 Å². The molecule has 1 heterocycles. The van der Waals surface area contributed by atoms with Gasteiger partial charge in [-0.2, -0.15) is 0 Å². The summed E-state index contributed by atoms with van der Waals surface area (Å²) < 4.78 is 0. The van der Waals surface area contributed by atoms with Crippen LogP contribution in [0.25, 0.3) is 0 Å². The Bertz CT molecular complexity index is 546. The van der Waals surface area contributed by atoms with E-state index < -0.39 is 4.92 Å². The fourth-order valence-corrected chi connectivity index (χ4v) is 3.05. The normalized spacial score (nSPS) is 18.6. The maximum Gasteiger partial charge on any atom is 0.273 e. The highest BCUT2D eigenvalue weighted by Crippen LogP contribution is 2.25. The summed E-state index contributed by atoms with van der Waals surface area (Å²) in [5.41, 5.74) is 0.938. The first kappa shape index (κ1) is 15.8. The summed E-state index contributed by atoms with van der Waals surface area (Å²) in [5.74, 6) is 0.385. The Morgan fingerprint density at radius 2 is 2.24 bits per heavy atom. The number of nitro groups is 1. The minimum atomic E-state index is -0.446. The molecule has 6 heteroatoms. The quantitative estimate of drug-likeness (QED) is 0.485. The summed E-state index contributed by atoms with van der Waals surface area (Å²) in [6.45, 7) is 2.37. The minimum Gasteiger partial charge on any atom is -0.336 e. The highest BCUT2D eigenvalue weighted by atomic mass is 35.5. The fourth-order valence-electron chi connectivity index (χ4n) is 2.80. The molecule has 1 aliphatic heterocycles. The summed E-state index contributed by atoms with van der Waals surface area (Å²) in [7, 11) is 0. The van der Waals surface area contributed by atoms with Crippen LogP contribution in [0.4, 0.5) is 5.69 Å². The Hall–Kier alpha value is -1.62. The molecule has 1 saturated heterocycles. The number of amides is 1. The third-order valence-corrected chi connectivity index (χ3v) is 4.20. The number of likely N-dealkylation sites (tertiary alicyclic amines) is 1. The Morgan fingerprint density at radius 3 is 2.90 bits per heavy atom. The van der Waals surface area contributed by atoms with E-state index in [9.17, 15) is 14.9 Å². The molecule has 1 aromatic carbocycles. The van der Waals surface area contributed by atoms with E-state index >= 15 is 0 Å². The third-order valence-electron chi connectivity index (χ3n) is 3.98. The molecule has 1 aromatic rings. The van der Waals surface area contributed by atoms with Crippen molar-refractivity contribution in [1.82, 2.24) is 4.90 Å². The number of carbonyl (C=O) groups is 1. The molecule has 1 unspecified atom stereocenters. The van der Waals surface area contributed by atoms with Crippen LogP contribution in [0.3, 0.4) is 0 Å². The zero-order valence-electron chi connectivity index (χ0n) is 12.0. The van der Waals surface area contributed by atoms with Gasteiger partial charge in [-0.1, -0.05) is 6.07 Å². The second kappa shape index (κ2) is 6.89. The number of halogens is 1. The molecule has 1 amide bonds. The average molecular weight is 311 g/mol. The molecule has 1 fully saturated rings. The van der Waals surface area contributed by atoms with Gasteiger partial charge < -0.3 is 4.90 Å². The van der Waals surface area contributed by atoms with Crippen LogP contribution in [-0.4, -0.2) is 34.2 Å². The lowest BCUT2D eigenvalue weighted by Crippen LogP contribution is -2.44. The van der Waals surface area contributed by atoms with Gasteiger partial charge in [0.1, 0.15) is 0 Å². The molecule has 0 aliphatic carbocycles. The topological polar surface area (TPSA) is 63.5 Å². The highest BCUT2D eigenvalue weighted by molar-refractivity contribution is 6.17. The number of nitrogens with zero attached hydrogens (tertiary/aromatic N) is 2. The van der Waals surface area contributed by atoms with Crippen LogP contribution in [-0.2, 0) is 0 Å². The van der Waals surface area contributed by atoms with Crippen LogP contribution < -0.4 is 0 Å².